The number of fused-ring (bicyclic) bond motifs is 1. The Labute approximate surface area is 188 Å². The number of hydrogen-bond donors (Lipinski definition) is 2. The number of benzene rings is 1. The lowest BCUT2D eigenvalue weighted by Crippen LogP contribution is -2.53. The molecule has 0 aliphatic carbocycles. The lowest BCUT2D eigenvalue weighted by atomic mass is 9.72. The first-order valence-corrected chi connectivity index (χ1v) is 10.1. The van der Waals surface area contributed by atoms with Gasteiger partial charge < -0.3 is 29.2 Å². The van der Waals surface area contributed by atoms with Gasteiger partial charge in [-0.05, 0) is 38.8 Å². The highest BCUT2D eigenvalue weighted by Crippen LogP contribution is 2.31. The van der Waals surface area contributed by atoms with Gasteiger partial charge in [-0.3, -0.25) is 4.79 Å². The Morgan fingerprint density at radius 2 is 1.94 bits per heavy atom. The minimum Gasteiger partial charge on any atom is -0.534 e. The molecule has 1 aromatic carbocycles. The van der Waals surface area contributed by atoms with Crippen LogP contribution in [0.15, 0.2) is 18.2 Å². The van der Waals surface area contributed by atoms with Crippen LogP contribution in [-0.2, 0) is 30.2 Å². The van der Waals surface area contributed by atoms with E-state index in [4.69, 9.17) is 18.9 Å². The molecule has 0 fully saturated rings. The largest absolute Gasteiger partial charge is 0.547 e. The van der Waals surface area contributed by atoms with E-state index in [1.165, 1.54) is 26.0 Å². The zero-order valence-corrected chi connectivity index (χ0v) is 18.4. The van der Waals surface area contributed by atoms with Crippen molar-refractivity contribution in [2.24, 2.45) is 0 Å². The van der Waals surface area contributed by atoms with Crippen molar-refractivity contribution in [3.63, 3.8) is 0 Å². The van der Waals surface area contributed by atoms with E-state index in [1.807, 2.05) is 0 Å². The lowest BCUT2D eigenvalue weighted by molar-refractivity contribution is -0.175. The highest BCUT2D eigenvalue weighted by molar-refractivity contribution is 6.47. The summed E-state index contributed by atoms with van der Waals surface area (Å²) in [6.45, 7) is 4.31. The molecule has 0 radical (unpaired) electrons. The van der Waals surface area contributed by atoms with Crippen molar-refractivity contribution in [2.45, 2.75) is 57.8 Å². The minimum absolute atomic E-state index is 0.00300. The zero-order chi connectivity index (χ0) is 24.8. The quantitative estimate of drug-likeness (QED) is 0.316. The number of nitrogens with one attached hydrogen (secondary N) is 1. The molecule has 0 bridgehead atoms. The molecule has 182 valence electrons. The van der Waals surface area contributed by atoms with Crippen LogP contribution in [0.3, 0.4) is 0 Å². The van der Waals surface area contributed by atoms with Crippen molar-refractivity contribution in [1.82, 2.24) is 5.32 Å². The summed E-state index contributed by atoms with van der Waals surface area (Å²) in [4.78, 5) is 36.2. The number of rotatable bonds is 9. The van der Waals surface area contributed by atoms with Crippen LogP contribution in [0.4, 0.5) is 13.2 Å². The third-order valence-electron chi connectivity index (χ3n) is 4.70. The monoisotopic (exact) mass is 475 g/mol. The summed E-state index contributed by atoms with van der Waals surface area (Å²) in [5, 5.41) is 12.5. The fourth-order valence-electron chi connectivity index (χ4n) is 3.05. The van der Waals surface area contributed by atoms with Gasteiger partial charge in [0, 0.05) is 13.0 Å². The Morgan fingerprint density at radius 1 is 1.24 bits per heavy atom. The third kappa shape index (κ3) is 7.64. The van der Waals surface area contributed by atoms with Gasteiger partial charge in [0.05, 0.1) is 12.4 Å². The zero-order valence-electron chi connectivity index (χ0n) is 18.4. The fraction of sp³-hybridized carbons (Fsp3) is 0.550. The standard InChI is InChI=1S/C20H25BF3NO8/c1-4-32-19(2,3)18(28)31-11-30-17(27)13-7-5-6-12-10-14(21(29)33-16(12)13)25-15(26)8-9-20(22,23)24/h5-7,14,29H,4,8-11H2,1-3H3,(H,25,26). The van der Waals surface area contributed by atoms with Gasteiger partial charge in [0.25, 0.3) is 0 Å². The predicted molar refractivity (Wildman–Crippen MR) is 108 cm³/mol. The maximum atomic E-state index is 12.4. The molecule has 1 aliphatic heterocycles. The maximum Gasteiger partial charge on any atom is 0.547 e. The number of carbonyl (C=O) groups excluding carboxylic acids is 3. The molecule has 1 unspecified atom stereocenters. The summed E-state index contributed by atoms with van der Waals surface area (Å²) < 4.78 is 57.3. The van der Waals surface area contributed by atoms with E-state index in [9.17, 15) is 32.6 Å². The molecule has 1 atom stereocenters. The lowest BCUT2D eigenvalue weighted by Gasteiger charge is -2.29. The van der Waals surface area contributed by atoms with Gasteiger partial charge in [0.15, 0.2) is 5.60 Å². The molecule has 1 aliphatic rings. The Morgan fingerprint density at radius 3 is 2.58 bits per heavy atom. The molecule has 0 saturated carbocycles. The van der Waals surface area contributed by atoms with E-state index < -0.39 is 62.3 Å². The molecule has 33 heavy (non-hydrogen) atoms. The van der Waals surface area contributed by atoms with Gasteiger partial charge >= 0.3 is 25.2 Å². The summed E-state index contributed by atoms with van der Waals surface area (Å²) in [7, 11) is -1.61. The average Bonchev–Trinajstić information content (AvgIpc) is 2.71. The SMILES string of the molecule is CCOC(C)(C)C(=O)OCOC(=O)c1cccc2c1OB(O)C(NC(=O)CCC(F)(F)F)C2. The second kappa shape index (κ2) is 10.9. The first-order chi connectivity index (χ1) is 15.3. The van der Waals surface area contributed by atoms with E-state index in [1.54, 1.807) is 13.0 Å². The predicted octanol–water partition coefficient (Wildman–Crippen LogP) is 1.94. The molecule has 0 saturated heterocycles. The Hall–Kier alpha value is -2.80. The Bertz CT molecular complexity index is 877. The van der Waals surface area contributed by atoms with E-state index in [2.05, 4.69) is 5.32 Å². The highest BCUT2D eigenvalue weighted by atomic mass is 19.4. The number of halogens is 3. The fourth-order valence-corrected chi connectivity index (χ4v) is 3.05. The van der Waals surface area contributed by atoms with Gasteiger partial charge in [-0.25, -0.2) is 9.59 Å². The number of carbonyl (C=O) groups is 3. The normalized spacial score (nSPS) is 15.8. The molecular formula is C20H25BF3NO8. The Balaban J connectivity index is 1.98. The van der Waals surface area contributed by atoms with Gasteiger partial charge in [-0.15, -0.1) is 0 Å². The van der Waals surface area contributed by atoms with Gasteiger partial charge in [0.1, 0.15) is 11.3 Å². The summed E-state index contributed by atoms with van der Waals surface area (Å²) in [6, 6.07) is 4.43. The van der Waals surface area contributed by atoms with E-state index >= 15 is 0 Å². The summed E-state index contributed by atoms with van der Waals surface area (Å²) in [6.07, 6.45) is -6.55. The van der Waals surface area contributed by atoms with Gasteiger partial charge in [-0.2, -0.15) is 13.2 Å². The number of esters is 2. The van der Waals surface area contributed by atoms with Crippen molar-refractivity contribution in [3.8, 4) is 5.75 Å². The van der Waals surface area contributed by atoms with Crippen molar-refractivity contribution in [2.75, 3.05) is 13.4 Å². The van der Waals surface area contributed by atoms with E-state index in [0.29, 0.717) is 5.56 Å². The molecule has 0 spiro atoms. The van der Waals surface area contributed by atoms with Crippen molar-refractivity contribution in [1.29, 1.82) is 0 Å². The topological polar surface area (TPSA) is 120 Å². The molecule has 13 heteroatoms. The van der Waals surface area contributed by atoms with Gasteiger partial charge in [-0.1, -0.05) is 12.1 Å². The summed E-state index contributed by atoms with van der Waals surface area (Å²) in [5.74, 6) is -3.53. The van der Waals surface area contributed by atoms with Crippen LogP contribution in [-0.4, -0.2) is 61.1 Å². The molecular weight excluding hydrogens is 450 g/mol. The van der Waals surface area contributed by atoms with Crippen molar-refractivity contribution < 1.29 is 51.4 Å². The second-order valence-electron chi connectivity index (χ2n) is 7.72. The van der Waals surface area contributed by atoms with Crippen molar-refractivity contribution in [3.05, 3.63) is 29.3 Å². The smallest absolute Gasteiger partial charge is 0.534 e. The Kier molecular flexibility index (Phi) is 8.72. The van der Waals surface area contributed by atoms with Crippen molar-refractivity contribution >= 4 is 25.0 Å². The number of hydrogen-bond acceptors (Lipinski definition) is 8. The summed E-state index contributed by atoms with van der Waals surface area (Å²) >= 11 is 0. The minimum atomic E-state index is -4.48. The van der Waals surface area contributed by atoms with Crippen LogP contribution in [0, 0.1) is 0 Å². The van der Waals surface area contributed by atoms with E-state index in [-0.39, 0.29) is 24.3 Å². The molecule has 1 aromatic rings. The number of amides is 1. The highest BCUT2D eigenvalue weighted by Gasteiger charge is 2.38. The average molecular weight is 475 g/mol. The molecule has 0 aromatic heterocycles. The maximum absolute atomic E-state index is 12.4. The van der Waals surface area contributed by atoms with Crippen LogP contribution < -0.4 is 9.97 Å². The first kappa shape index (κ1) is 26.5. The molecule has 2 rings (SSSR count). The molecule has 1 amide bonds. The number of para-hydroxylation sites is 1. The molecule has 2 N–H and O–H groups in total. The molecule has 9 nitrogen and oxygen atoms in total. The van der Waals surface area contributed by atoms with Crippen LogP contribution in [0.2, 0.25) is 0 Å². The third-order valence-corrected chi connectivity index (χ3v) is 4.70. The van der Waals surface area contributed by atoms with Crippen LogP contribution in [0.5, 0.6) is 5.75 Å². The van der Waals surface area contributed by atoms with Gasteiger partial charge in [0.2, 0.25) is 12.7 Å². The number of alkyl halides is 3. The second-order valence-corrected chi connectivity index (χ2v) is 7.72. The molecule has 1 heterocycles. The first-order valence-electron chi connectivity index (χ1n) is 10.1. The van der Waals surface area contributed by atoms with Crippen LogP contribution in [0.1, 0.15) is 49.5 Å². The van der Waals surface area contributed by atoms with Crippen LogP contribution >= 0.6 is 0 Å². The number of ether oxygens (including phenoxy) is 3. The van der Waals surface area contributed by atoms with E-state index in [0.717, 1.165) is 0 Å². The van der Waals surface area contributed by atoms with Crippen LogP contribution in [0.25, 0.3) is 0 Å². The summed E-state index contributed by atoms with van der Waals surface area (Å²) in [5.41, 5.74) is -0.862.